The standard InChI is InChI=1S/C16H17N3O4/c1-21-19-16(20)12-8-17-7-6-13(12)18-14-4-2-3-5-15(14)23-11-9-22-10-11/h2-8,11H,9-10H2,1H3,(H,17,18)(H,19,20). The van der Waals surface area contributed by atoms with Gasteiger partial charge in [-0.3, -0.25) is 14.6 Å². The molecular weight excluding hydrogens is 298 g/mol. The summed E-state index contributed by atoms with van der Waals surface area (Å²) in [5.41, 5.74) is 4.03. The molecule has 1 fully saturated rings. The topological polar surface area (TPSA) is 81.7 Å². The zero-order valence-electron chi connectivity index (χ0n) is 12.6. The van der Waals surface area contributed by atoms with Crippen molar-refractivity contribution < 1.29 is 19.1 Å². The van der Waals surface area contributed by atoms with E-state index >= 15 is 0 Å². The van der Waals surface area contributed by atoms with Crippen molar-refractivity contribution >= 4 is 17.3 Å². The number of hydroxylamine groups is 1. The van der Waals surface area contributed by atoms with Gasteiger partial charge in [-0.1, -0.05) is 12.1 Å². The Balaban J connectivity index is 1.83. The Kier molecular flexibility index (Phi) is 4.70. The average Bonchev–Trinajstić information content (AvgIpc) is 2.53. The Morgan fingerprint density at radius 3 is 2.83 bits per heavy atom. The van der Waals surface area contributed by atoms with Gasteiger partial charge in [0.25, 0.3) is 5.91 Å². The van der Waals surface area contributed by atoms with Crippen LogP contribution in [-0.4, -0.2) is 37.3 Å². The van der Waals surface area contributed by atoms with E-state index in [0.717, 1.165) is 5.69 Å². The fourth-order valence-corrected chi connectivity index (χ4v) is 2.11. The molecule has 0 atom stereocenters. The van der Waals surface area contributed by atoms with Crippen LogP contribution in [0.4, 0.5) is 11.4 Å². The first-order valence-electron chi connectivity index (χ1n) is 7.15. The van der Waals surface area contributed by atoms with E-state index in [1.165, 1.54) is 13.3 Å². The molecule has 0 unspecified atom stereocenters. The molecular formula is C16H17N3O4. The quantitative estimate of drug-likeness (QED) is 0.792. The molecule has 2 N–H and O–H groups in total. The van der Waals surface area contributed by atoms with E-state index in [2.05, 4.69) is 20.6 Å². The molecule has 3 rings (SSSR count). The van der Waals surface area contributed by atoms with Crippen LogP contribution in [0.3, 0.4) is 0 Å². The molecule has 1 aliphatic heterocycles. The van der Waals surface area contributed by atoms with Crippen LogP contribution in [0.15, 0.2) is 42.7 Å². The van der Waals surface area contributed by atoms with Gasteiger partial charge in [-0.15, -0.1) is 0 Å². The van der Waals surface area contributed by atoms with Gasteiger partial charge in [0, 0.05) is 12.4 Å². The monoisotopic (exact) mass is 315 g/mol. The van der Waals surface area contributed by atoms with Crippen LogP contribution in [0.2, 0.25) is 0 Å². The number of nitrogens with zero attached hydrogens (tertiary/aromatic N) is 1. The number of carbonyl (C=O) groups is 1. The van der Waals surface area contributed by atoms with E-state index in [-0.39, 0.29) is 12.0 Å². The summed E-state index contributed by atoms with van der Waals surface area (Å²) >= 11 is 0. The second-order valence-electron chi connectivity index (χ2n) is 4.96. The second kappa shape index (κ2) is 7.08. The molecule has 2 aromatic rings. The molecule has 0 spiro atoms. The lowest BCUT2D eigenvalue weighted by Gasteiger charge is -2.27. The van der Waals surface area contributed by atoms with Crippen molar-refractivity contribution in [2.24, 2.45) is 0 Å². The van der Waals surface area contributed by atoms with Gasteiger partial charge in [0.2, 0.25) is 0 Å². The first kappa shape index (κ1) is 15.3. The minimum atomic E-state index is -0.381. The lowest BCUT2D eigenvalue weighted by molar-refractivity contribution is -0.0793. The highest BCUT2D eigenvalue weighted by Gasteiger charge is 2.21. The number of aromatic nitrogens is 1. The number of nitrogens with one attached hydrogen (secondary N) is 2. The summed E-state index contributed by atoms with van der Waals surface area (Å²) in [4.78, 5) is 20.7. The van der Waals surface area contributed by atoms with Crippen molar-refractivity contribution in [1.82, 2.24) is 10.5 Å². The van der Waals surface area contributed by atoms with Gasteiger partial charge >= 0.3 is 0 Å². The third-order valence-corrected chi connectivity index (χ3v) is 3.32. The number of ether oxygens (including phenoxy) is 2. The third kappa shape index (κ3) is 3.58. The first-order chi connectivity index (χ1) is 11.3. The molecule has 1 aromatic heterocycles. The van der Waals surface area contributed by atoms with Crippen LogP contribution in [0, 0.1) is 0 Å². The molecule has 7 nitrogen and oxygen atoms in total. The number of rotatable bonds is 6. The van der Waals surface area contributed by atoms with E-state index in [1.54, 1.807) is 12.3 Å². The zero-order chi connectivity index (χ0) is 16.1. The maximum Gasteiger partial charge on any atom is 0.278 e. The molecule has 1 aromatic carbocycles. The Labute approximate surface area is 133 Å². The molecule has 2 heterocycles. The summed E-state index contributed by atoms with van der Waals surface area (Å²) in [5.74, 6) is 0.324. The predicted molar refractivity (Wildman–Crippen MR) is 83.7 cm³/mol. The number of carbonyl (C=O) groups excluding carboxylic acids is 1. The Morgan fingerprint density at radius 1 is 1.26 bits per heavy atom. The highest BCUT2D eigenvalue weighted by Crippen LogP contribution is 2.30. The fraction of sp³-hybridized carbons (Fsp3) is 0.250. The second-order valence-corrected chi connectivity index (χ2v) is 4.96. The van der Waals surface area contributed by atoms with Crippen molar-refractivity contribution in [1.29, 1.82) is 0 Å². The Bertz CT molecular complexity index is 689. The summed E-state index contributed by atoms with van der Waals surface area (Å²) < 4.78 is 11.0. The molecule has 1 saturated heterocycles. The van der Waals surface area contributed by atoms with Gasteiger partial charge < -0.3 is 14.8 Å². The summed E-state index contributed by atoms with van der Waals surface area (Å²) in [6.07, 6.45) is 3.14. The van der Waals surface area contributed by atoms with E-state index in [1.807, 2.05) is 24.3 Å². The van der Waals surface area contributed by atoms with Gasteiger partial charge in [-0.25, -0.2) is 5.48 Å². The lowest BCUT2D eigenvalue weighted by atomic mass is 10.2. The predicted octanol–water partition coefficient (Wildman–Crippen LogP) is 1.89. The largest absolute Gasteiger partial charge is 0.483 e. The zero-order valence-corrected chi connectivity index (χ0v) is 12.6. The van der Waals surface area contributed by atoms with Crippen LogP contribution in [0.25, 0.3) is 0 Å². The molecule has 1 aliphatic rings. The van der Waals surface area contributed by atoms with Gasteiger partial charge in [0.05, 0.1) is 37.3 Å². The van der Waals surface area contributed by atoms with Gasteiger partial charge in [0.1, 0.15) is 11.9 Å². The minimum Gasteiger partial charge on any atom is -0.483 e. The van der Waals surface area contributed by atoms with Crippen molar-refractivity contribution in [2.75, 3.05) is 25.6 Å². The summed E-state index contributed by atoms with van der Waals surface area (Å²) in [5, 5.41) is 3.21. The smallest absolute Gasteiger partial charge is 0.278 e. The molecule has 0 radical (unpaired) electrons. The molecule has 0 saturated carbocycles. The fourth-order valence-electron chi connectivity index (χ4n) is 2.11. The molecule has 0 aliphatic carbocycles. The van der Waals surface area contributed by atoms with Gasteiger partial charge in [-0.05, 0) is 18.2 Å². The number of pyridine rings is 1. The van der Waals surface area contributed by atoms with Crippen LogP contribution >= 0.6 is 0 Å². The van der Waals surface area contributed by atoms with Crippen LogP contribution in [-0.2, 0) is 9.57 Å². The van der Waals surface area contributed by atoms with E-state index in [9.17, 15) is 4.79 Å². The van der Waals surface area contributed by atoms with E-state index in [0.29, 0.717) is 30.2 Å². The van der Waals surface area contributed by atoms with Gasteiger partial charge in [0.15, 0.2) is 0 Å². The third-order valence-electron chi connectivity index (χ3n) is 3.32. The molecule has 23 heavy (non-hydrogen) atoms. The van der Waals surface area contributed by atoms with Crippen molar-refractivity contribution in [3.05, 3.63) is 48.3 Å². The number of benzene rings is 1. The highest BCUT2D eigenvalue weighted by atomic mass is 16.6. The van der Waals surface area contributed by atoms with Crippen molar-refractivity contribution in [2.45, 2.75) is 6.10 Å². The average molecular weight is 315 g/mol. The van der Waals surface area contributed by atoms with E-state index < -0.39 is 0 Å². The van der Waals surface area contributed by atoms with Crippen molar-refractivity contribution in [3.8, 4) is 5.75 Å². The Hall–Kier alpha value is -2.64. The maximum absolute atomic E-state index is 12.0. The Morgan fingerprint density at radius 2 is 2.09 bits per heavy atom. The number of anilines is 2. The lowest BCUT2D eigenvalue weighted by Crippen LogP contribution is -2.38. The molecule has 0 bridgehead atoms. The summed E-state index contributed by atoms with van der Waals surface area (Å²) in [6.45, 7) is 1.18. The summed E-state index contributed by atoms with van der Waals surface area (Å²) in [6, 6.07) is 9.26. The normalized spacial score (nSPS) is 14.0. The SMILES string of the molecule is CONC(=O)c1cnccc1Nc1ccccc1OC1COC1. The number of hydrogen-bond donors (Lipinski definition) is 2. The number of para-hydroxylation sites is 2. The van der Waals surface area contributed by atoms with Crippen LogP contribution < -0.4 is 15.5 Å². The first-order valence-corrected chi connectivity index (χ1v) is 7.15. The summed E-state index contributed by atoms with van der Waals surface area (Å²) in [7, 11) is 1.38. The molecule has 1 amide bonds. The maximum atomic E-state index is 12.0. The molecule has 120 valence electrons. The highest BCUT2D eigenvalue weighted by molar-refractivity contribution is 5.99. The van der Waals surface area contributed by atoms with Gasteiger partial charge in [-0.2, -0.15) is 0 Å². The minimum absolute atomic E-state index is 0.0617. The number of hydrogen-bond acceptors (Lipinski definition) is 6. The molecule has 7 heteroatoms. The number of amides is 1. The van der Waals surface area contributed by atoms with E-state index in [4.69, 9.17) is 9.47 Å². The van der Waals surface area contributed by atoms with Crippen LogP contribution in [0.5, 0.6) is 5.75 Å². The van der Waals surface area contributed by atoms with Crippen LogP contribution in [0.1, 0.15) is 10.4 Å². The van der Waals surface area contributed by atoms with Crippen molar-refractivity contribution in [3.63, 3.8) is 0 Å².